The van der Waals surface area contributed by atoms with Crippen LogP contribution in [0.25, 0.3) is 5.76 Å². The molecule has 4 rings (SSSR count). The lowest BCUT2D eigenvalue weighted by Crippen LogP contribution is -2.29. The number of Topliss-reactive ketones (excluding diaryl/α,β-unsaturated/α-hetero) is 1. The van der Waals surface area contributed by atoms with Crippen LogP contribution in [0.4, 0.5) is 5.69 Å². The van der Waals surface area contributed by atoms with Crippen molar-refractivity contribution < 1.29 is 33.7 Å². The summed E-state index contributed by atoms with van der Waals surface area (Å²) < 4.78 is 15.7. The van der Waals surface area contributed by atoms with Gasteiger partial charge in [0.25, 0.3) is 11.7 Å². The highest BCUT2D eigenvalue weighted by Gasteiger charge is 2.48. The van der Waals surface area contributed by atoms with Gasteiger partial charge < -0.3 is 19.3 Å². The normalized spacial score (nSPS) is 16.7. The van der Waals surface area contributed by atoms with Gasteiger partial charge in [0.1, 0.15) is 17.3 Å². The topological polar surface area (TPSA) is 102 Å². The number of methoxy groups -OCH3 is 3. The van der Waals surface area contributed by atoms with Gasteiger partial charge in [0.2, 0.25) is 0 Å². The van der Waals surface area contributed by atoms with E-state index in [1.54, 1.807) is 48.5 Å². The molecular weight excluding hydrogens is 462 g/mol. The van der Waals surface area contributed by atoms with Gasteiger partial charge >= 0.3 is 5.97 Å². The second kappa shape index (κ2) is 9.95. The fourth-order valence-electron chi connectivity index (χ4n) is 4.31. The molecule has 0 aliphatic carbocycles. The minimum atomic E-state index is -1.00. The van der Waals surface area contributed by atoms with Crippen molar-refractivity contribution in [1.29, 1.82) is 0 Å². The van der Waals surface area contributed by atoms with Crippen LogP contribution in [0, 0.1) is 6.92 Å². The SMILES string of the molecule is COC(=O)c1ccc(N2C(=O)C(=O)/C(=C(/O)c3cc(C)ccc3OC)C2c2ccccc2OC)cc1. The number of aryl methyl sites for hydroxylation is 1. The zero-order chi connectivity index (χ0) is 26.0. The Bertz CT molecular complexity index is 1370. The predicted octanol–water partition coefficient (Wildman–Crippen LogP) is 4.43. The molecule has 1 aliphatic rings. The van der Waals surface area contributed by atoms with E-state index in [1.165, 1.54) is 38.4 Å². The van der Waals surface area contributed by atoms with Crippen molar-refractivity contribution in [3.8, 4) is 11.5 Å². The number of nitrogens with zero attached hydrogens (tertiary/aromatic N) is 1. The van der Waals surface area contributed by atoms with E-state index in [1.807, 2.05) is 13.0 Å². The number of ketones is 1. The number of aliphatic hydroxyl groups excluding tert-OH is 1. The monoisotopic (exact) mass is 487 g/mol. The summed E-state index contributed by atoms with van der Waals surface area (Å²) in [7, 11) is 4.22. The summed E-state index contributed by atoms with van der Waals surface area (Å²) >= 11 is 0. The lowest BCUT2D eigenvalue weighted by molar-refractivity contribution is -0.132. The Morgan fingerprint density at radius 2 is 1.56 bits per heavy atom. The van der Waals surface area contributed by atoms with Gasteiger partial charge in [-0.2, -0.15) is 0 Å². The number of hydrogen-bond donors (Lipinski definition) is 1. The highest BCUT2D eigenvalue weighted by atomic mass is 16.5. The Kier molecular flexibility index (Phi) is 6.78. The van der Waals surface area contributed by atoms with E-state index in [0.717, 1.165) is 5.56 Å². The third kappa shape index (κ3) is 4.17. The average Bonchev–Trinajstić information content (AvgIpc) is 3.17. The molecule has 1 saturated heterocycles. The standard InChI is InChI=1S/C28H25NO7/c1-16-9-14-22(35-3)20(15-16)25(30)23-24(19-7-5-6-8-21(19)34-2)29(27(32)26(23)31)18-12-10-17(11-13-18)28(33)36-4/h5-15,24,30H,1-4H3/b25-23+. The summed E-state index contributed by atoms with van der Waals surface area (Å²) in [5, 5.41) is 11.5. The van der Waals surface area contributed by atoms with E-state index in [0.29, 0.717) is 22.7 Å². The minimum Gasteiger partial charge on any atom is -0.507 e. The number of rotatable bonds is 6. The van der Waals surface area contributed by atoms with Gasteiger partial charge in [0.05, 0.1) is 44.1 Å². The predicted molar refractivity (Wildman–Crippen MR) is 133 cm³/mol. The molecule has 8 nitrogen and oxygen atoms in total. The molecule has 0 bridgehead atoms. The molecule has 1 amide bonds. The number of benzene rings is 3. The first-order chi connectivity index (χ1) is 17.3. The Labute approximate surface area is 208 Å². The fraction of sp³-hybridized carbons (Fsp3) is 0.179. The third-order valence-corrected chi connectivity index (χ3v) is 6.05. The van der Waals surface area contributed by atoms with Crippen LogP contribution >= 0.6 is 0 Å². The van der Waals surface area contributed by atoms with Gasteiger partial charge in [0.15, 0.2) is 0 Å². The molecule has 1 atom stereocenters. The first-order valence-corrected chi connectivity index (χ1v) is 11.1. The largest absolute Gasteiger partial charge is 0.507 e. The Hall–Kier alpha value is -4.59. The lowest BCUT2D eigenvalue weighted by atomic mass is 9.93. The van der Waals surface area contributed by atoms with Crippen LogP contribution in [0.5, 0.6) is 11.5 Å². The van der Waals surface area contributed by atoms with Crippen LogP contribution in [0.2, 0.25) is 0 Å². The number of esters is 1. The molecular formula is C28H25NO7. The number of anilines is 1. The second-order valence-corrected chi connectivity index (χ2v) is 8.15. The average molecular weight is 488 g/mol. The van der Waals surface area contributed by atoms with Crippen LogP contribution < -0.4 is 14.4 Å². The number of ether oxygens (including phenoxy) is 3. The highest BCUT2D eigenvalue weighted by Crippen LogP contribution is 2.45. The Balaban J connectivity index is 1.97. The van der Waals surface area contributed by atoms with Gasteiger partial charge in [-0.3, -0.25) is 14.5 Å². The number of para-hydroxylation sites is 1. The van der Waals surface area contributed by atoms with E-state index in [4.69, 9.17) is 14.2 Å². The van der Waals surface area contributed by atoms with Crippen molar-refractivity contribution >= 4 is 29.1 Å². The Morgan fingerprint density at radius 1 is 0.889 bits per heavy atom. The summed E-state index contributed by atoms with van der Waals surface area (Å²) in [6.07, 6.45) is 0. The van der Waals surface area contributed by atoms with E-state index >= 15 is 0 Å². The maximum Gasteiger partial charge on any atom is 0.337 e. The first kappa shape index (κ1) is 24.5. The number of amides is 1. The van der Waals surface area contributed by atoms with Crippen LogP contribution in [0.3, 0.4) is 0 Å². The molecule has 0 radical (unpaired) electrons. The molecule has 8 heteroatoms. The van der Waals surface area contributed by atoms with E-state index in [-0.39, 0.29) is 22.5 Å². The van der Waals surface area contributed by atoms with E-state index in [9.17, 15) is 19.5 Å². The maximum atomic E-state index is 13.4. The van der Waals surface area contributed by atoms with Crippen molar-refractivity contribution in [2.45, 2.75) is 13.0 Å². The van der Waals surface area contributed by atoms with Crippen molar-refractivity contribution in [1.82, 2.24) is 0 Å². The lowest BCUT2D eigenvalue weighted by Gasteiger charge is -2.27. The molecule has 0 spiro atoms. The highest BCUT2D eigenvalue weighted by molar-refractivity contribution is 6.51. The number of aliphatic hydroxyl groups is 1. The quantitative estimate of drug-likeness (QED) is 0.238. The molecule has 1 heterocycles. The maximum absolute atomic E-state index is 13.4. The summed E-state index contributed by atoms with van der Waals surface area (Å²) in [4.78, 5) is 40.0. The summed E-state index contributed by atoms with van der Waals surface area (Å²) in [6.45, 7) is 1.84. The molecule has 3 aromatic rings. The minimum absolute atomic E-state index is 0.106. The molecule has 1 aliphatic heterocycles. The summed E-state index contributed by atoms with van der Waals surface area (Å²) in [5.41, 5.74) is 2.16. The fourth-order valence-corrected chi connectivity index (χ4v) is 4.31. The number of carbonyl (C=O) groups is 3. The van der Waals surface area contributed by atoms with Crippen molar-refractivity contribution in [2.75, 3.05) is 26.2 Å². The number of hydrogen-bond acceptors (Lipinski definition) is 7. The van der Waals surface area contributed by atoms with Gasteiger partial charge in [-0.1, -0.05) is 29.8 Å². The van der Waals surface area contributed by atoms with Gasteiger partial charge in [-0.15, -0.1) is 0 Å². The van der Waals surface area contributed by atoms with Crippen molar-refractivity contribution in [3.63, 3.8) is 0 Å². The van der Waals surface area contributed by atoms with E-state index in [2.05, 4.69) is 0 Å². The van der Waals surface area contributed by atoms with Gasteiger partial charge in [-0.25, -0.2) is 4.79 Å². The second-order valence-electron chi connectivity index (χ2n) is 8.15. The van der Waals surface area contributed by atoms with Gasteiger partial charge in [0, 0.05) is 11.3 Å². The summed E-state index contributed by atoms with van der Waals surface area (Å²) in [5.74, 6) is -1.79. The molecule has 0 aromatic heterocycles. The third-order valence-electron chi connectivity index (χ3n) is 6.05. The van der Waals surface area contributed by atoms with Crippen LogP contribution in [0.15, 0.2) is 72.3 Å². The van der Waals surface area contributed by atoms with Crippen LogP contribution in [0.1, 0.15) is 33.1 Å². The smallest absolute Gasteiger partial charge is 0.337 e. The Morgan fingerprint density at radius 3 is 2.19 bits per heavy atom. The van der Waals surface area contributed by atoms with Gasteiger partial charge in [-0.05, 0) is 49.4 Å². The zero-order valence-electron chi connectivity index (χ0n) is 20.3. The zero-order valence-corrected chi connectivity index (χ0v) is 20.3. The molecule has 1 fully saturated rings. The molecule has 3 aromatic carbocycles. The van der Waals surface area contributed by atoms with Crippen LogP contribution in [-0.4, -0.2) is 44.1 Å². The first-order valence-electron chi connectivity index (χ1n) is 11.1. The van der Waals surface area contributed by atoms with Crippen molar-refractivity contribution in [2.24, 2.45) is 0 Å². The molecule has 1 unspecified atom stereocenters. The summed E-state index contributed by atoms with van der Waals surface area (Å²) in [6, 6.07) is 17.2. The van der Waals surface area contributed by atoms with E-state index < -0.39 is 23.7 Å². The van der Waals surface area contributed by atoms with Crippen molar-refractivity contribution in [3.05, 3.63) is 94.6 Å². The number of carbonyl (C=O) groups excluding carboxylic acids is 3. The molecule has 1 N–H and O–H groups in total. The van der Waals surface area contributed by atoms with Crippen LogP contribution in [-0.2, 0) is 14.3 Å². The molecule has 184 valence electrons. The molecule has 36 heavy (non-hydrogen) atoms. The molecule has 0 saturated carbocycles.